The van der Waals surface area contributed by atoms with Crippen molar-refractivity contribution in [2.45, 2.75) is 32.6 Å². The zero-order valence-corrected chi connectivity index (χ0v) is 7.12. The summed E-state index contributed by atoms with van der Waals surface area (Å²) in [6, 6.07) is 0. The molecule has 1 atom stereocenters. The Hall–Kier alpha value is -0.920. The summed E-state index contributed by atoms with van der Waals surface area (Å²) in [4.78, 5) is 7.95. The fourth-order valence-corrected chi connectivity index (χ4v) is 1.16. The highest BCUT2D eigenvalue weighted by molar-refractivity contribution is 5.08. The van der Waals surface area contributed by atoms with Gasteiger partial charge < -0.3 is 0 Å². The van der Waals surface area contributed by atoms with E-state index in [-0.39, 0.29) is 0 Å². The summed E-state index contributed by atoms with van der Waals surface area (Å²) < 4.78 is 0. The van der Waals surface area contributed by atoms with Crippen molar-refractivity contribution in [3.05, 3.63) is 24.3 Å². The lowest BCUT2D eigenvalue weighted by atomic mass is 10.00. The molecule has 60 valence electrons. The zero-order chi connectivity index (χ0) is 8.10. The summed E-state index contributed by atoms with van der Waals surface area (Å²) in [5.74, 6) is 0.598. The van der Waals surface area contributed by atoms with Crippen LogP contribution in [0.3, 0.4) is 0 Å². The number of rotatable bonds is 3. The van der Waals surface area contributed by atoms with Gasteiger partial charge in [-0.05, 0) is 17.9 Å². The zero-order valence-electron chi connectivity index (χ0n) is 7.12. The van der Waals surface area contributed by atoms with E-state index in [2.05, 4.69) is 23.8 Å². The van der Waals surface area contributed by atoms with Crippen LogP contribution in [-0.4, -0.2) is 9.97 Å². The van der Waals surface area contributed by atoms with Gasteiger partial charge in [-0.25, -0.2) is 9.97 Å². The molecule has 2 nitrogen and oxygen atoms in total. The molecular weight excluding hydrogens is 136 g/mol. The summed E-state index contributed by atoms with van der Waals surface area (Å²) in [6.45, 7) is 4.41. The molecule has 0 saturated heterocycles. The molecule has 1 heterocycles. The molecule has 0 aliphatic heterocycles. The molecule has 0 spiro atoms. The minimum Gasteiger partial charge on any atom is -0.245 e. The Kier molecular flexibility index (Phi) is 3.02. The quantitative estimate of drug-likeness (QED) is 0.661. The van der Waals surface area contributed by atoms with Gasteiger partial charge in [-0.3, -0.25) is 0 Å². The monoisotopic (exact) mass is 150 g/mol. The lowest BCUT2D eigenvalue weighted by Crippen LogP contribution is -1.93. The topological polar surface area (TPSA) is 25.8 Å². The molecule has 0 aromatic carbocycles. The highest BCUT2D eigenvalue weighted by Gasteiger charge is 2.02. The van der Waals surface area contributed by atoms with E-state index < -0.39 is 0 Å². The maximum Gasteiger partial charge on any atom is 0.115 e. The standard InChI is InChI=1S/C9H14N2/c1-3-4-8(2)9-5-10-7-11-6-9/h5-8H,3-4H2,1-2H3. The fourth-order valence-electron chi connectivity index (χ4n) is 1.16. The first kappa shape index (κ1) is 8.18. The SMILES string of the molecule is CCCC(C)c1cncnc1. The van der Waals surface area contributed by atoms with Crippen molar-refractivity contribution in [3.8, 4) is 0 Å². The van der Waals surface area contributed by atoms with E-state index in [0.29, 0.717) is 5.92 Å². The van der Waals surface area contributed by atoms with Crippen molar-refractivity contribution in [3.63, 3.8) is 0 Å². The highest BCUT2D eigenvalue weighted by atomic mass is 14.8. The molecule has 0 aliphatic carbocycles. The molecule has 0 radical (unpaired) electrons. The molecule has 0 N–H and O–H groups in total. The van der Waals surface area contributed by atoms with Gasteiger partial charge in [-0.1, -0.05) is 20.3 Å². The predicted molar refractivity (Wildman–Crippen MR) is 45.4 cm³/mol. The Bertz CT molecular complexity index is 196. The molecule has 1 aromatic rings. The molecule has 0 amide bonds. The molecule has 0 aliphatic rings. The second-order valence-corrected chi connectivity index (χ2v) is 2.86. The Morgan fingerprint density at radius 2 is 2.00 bits per heavy atom. The van der Waals surface area contributed by atoms with Crippen LogP contribution in [-0.2, 0) is 0 Å². The van der Waals surface area contributed by atoms with Gasteiger partial charge in [0.05, 0.1) is 0 Å². The van der Waals surface area contributed by atoms with Crippen LogP contribution < -0.4 is 0 Å². The molecule has 11 heavy (non-hydrogen) atoms. The first-order valence-electron chi connectivity index (χ1n) is 4.09. The van der Waals surface area contributed by atoms with Gasteiger partial charge in [0.25, 0.3) is 0 Å². The van der Waals surface area contributed by atoms with Crippen LogP contribution in [0.4, 0.5) is 0 Å². The van der Waals surface area contributed by atoms with Crippen molar-refractivity contribution in [2.75, 3.05) is 0 Å². The second-order valence-electron chi connectivity index (χ2n) is 2.86. The average Bonchev–Trinajstić information content (AvgIpc) is 2.07. The first-order chi connectivity index (χ1) is 5.34. The molecule has 1 rings (SSSR count). The summed E-state index contributed by atoms with van der Waals surface area (Å²) in [5.41, 5.74) is 1.24. The molecule has 1 aromatic heterocycles. The van der Waals surface area contributed by atoms with Crippen LogP contribution in [0.1, 0.15) is 38.2 Å². The summed E-state index contributed by atoms with van der Waals surface area (Å²) in [6.07, 6.45) is 7.80. The Morgan fingerprint density at radius 3 is 2.55 bits per heavy atom. The summed E-state index contributed by atoms with van der Waals surface area (Å²) >= 11 is 0. The van der Waals surface area contributed by atoms with Crippen LogP contribution >= 0.6 is 0 Å². The maximum atomic E-state index is 3.98. The molecule has 1 unspecified atom stereocenters. The average molecular weight is 150 g/mol. The number of aromatic nitrogens is 2. The van der Waals surface area contributed by atoms with Gasteiger partial charge in [0, 0.05) is 12.4 Å². The molecular formula is C9H14N2. The van der Waals surface area contributed by atoms with E-state index in [4.69, 9.17) is 0 Å². The number of hydrogen-bond acceptors (Lipinski definition) is 2. The smallest absolute Gasteiger partial charge is 0.115 e. The Balaban J connectivity index is 2.61. The lowest BCUT2D eigenvalue weighted by Gasteiger charge is -2.07. The van der Waals surface area contributed by atoms with Crippen molar-refractivity contribution in [1.29, 1.82) is 0 Å². The Labute approximate surface area is 67.7 Å². The van der Waals surface area contributed by atoms with Crippen LogP contribution in [0.5, 0.6) is 0 Å². The van der Waals surface area contributed by atoms with Gasteiger partial charge in [-0.2, -0.15) is 0 Å². The Morgan fingerprint density at radius 1 is 1.36 bits per heavy atom. The van der Waals surface area contributed by atoms with Gasteiger partial charge in [0.2, 0.25) is 0 Å². The third kappa shape index (κ3) is 2.30. The first-order valence-corrected chi connectivity index (χ1v) is 4.09. The highest BCUT2D eigenvalue weighted by Crippen LogP contribution is 2.17. The summed E-state index contributed by atoms with van der Waals surface area (Å²) in [5, 5.41) is 0. The van der Waals surface area contributed by atoms with Crippen LogP contribution in [0, 0.1) is 0 Å². The van der Waals surface area contributed by atoms with Crippen LogP contribution in [0.25, 0.3) is 0 Å². The van der Waals surface area contributed by atoms with Crippen molar-refractivity contribution in [2.24, 2.45) is 0 Å². The predicted octanol–water partition coefficient (Wildman–Crippen LogP) is 2.38. The van der Waals surface area contributed by atoms with Crippen molar-refractivity contribution < 1.29 is 0 Å². The lowest BCUT2D eigenvalue weighted by molar-refractivity contribution is 0.659. The van der Waals surface area contributed by atoms with E-state index in [9.17, 15) is 0 Å². The minimum atomic E-state index is 0.598. The normalized spacial score (nSPS) is 12.9. The molecule has 0 saturated carbocycles. The van der Waals surface area contributed by atoms with Gasteiger partial charge >= 0.3 is 0 Å². The summed E-state index contributed by atoms with van der Waals surface area (Å²) in [7, 11) is 0. The second kappa shape index (κ2) is 4.06. The van der Waals surface area contributed by atoms with Crippen LogP contribution in [0.2, 0.25) is 0 Å². The van der Waals surface area contributed by atoms with E-state index >= 15 is 0 Å². The molecule has 0 fully saturated rings. The molecule has 0 bridgehead atoms. The number of hydrogen-bond donors (Lipinski definition) is 0. The van der Waals surface area contributed by atoms with E-state index in [0.717, 1.165) is 0 Å². The third-order valence-corrected chi connectivity index (χ3v) is 1.87. The van der Waals surface area contributed by atoms with E-state index in [1.807, 2.05) is 12.4 Å². The maximum absolute atomic E-state index is 3.98. The van der Waals surface area contributed by atoms with Crippen molar-refractivity contribution >= 4 is 0 Å². The van der Waals surface area contributed by atoms with E-state index in [1.54, 1.807) is 6.33 Å². The van der Waals surface area contributed by atoms with Gasteiger partial charge in [0.1, 0.15) is 6.33 Å². The third-order valence-electron chi connectivity index (χ3n) is 1.87. The van der Waals surface area contributed by atoms with E-state index in [1.165, 1.54) is 18.4 Å². The largest absolute Gasteiger partial charge is 0.245 e. The van der Waals surface area contributed by atoms with Gasteiger partial charge in [0.15, 0.2) is 0 Å². The minimum absolute atomic E-state index is 0.598. The van der Waals surface area contributed by atoms with Crippen LogP contribution in [0.15, 0.2) is 18.7 Å². The van der Waals surface area contributed by atoms with Gasteiger partial charge in [-0.15, -0.1) is 0 Å². The fraction of sp³-hybridized carbons (Fsp3) is 0.556. The number of nitrogens with zero attached hydrogens (tertiary/aromatic N) is 2. The molecule has 2 heteroatoms. The van der Waals surface area contributed by atoms with Crippen molar-refractivity contribution in [1.82, 2.24) is 9.97 Å².